The first kappa shape index (κ1) is 16.2. The fourth-order valence-corrected chi connectivity index (χ4v) is 2.50. The first-order chi connectivity index (χ1) is 10.1. The number of para-hydroxylation sites is 1. The molecule has 0 radical (unpaired) electrons. The maximum Gasteiger partial charge on any atom is 0.150 e. The quantitative estimate of drug-likeness (QED) is 0.699. The van der Waals surface area contributed by atoms with E-state index in [0.717, 1.165) is 36.4 Å². The summed E-state index contributed by atoms with van der Waals surface area (Å²) in [5.74, 6) is 1.47. The van der Waals surface area contributed by atoms with Crippen molar-refractivity contribution in [1.82, 2.24) is 5.32 Å². The second-order valence-electron chi connectivity index (χ2n) is 4.92. The maximum absolute atomic E-state index is 6.30. The van der Waals surface area contributed by atoms with E-state index in [4.69, 9.17) is 27.9 Å². The number of hydrogen-bond acceptors (Lipinski definition) is 2. The standard InChI is InChI=1S/C17H19Cl2NO/c1-3-9-20-11-13-5-4-6-15(19)17(13)21-16-8-7-14(18)10-12(16)2/h4-8,10,20H,3,9,11H2,1-2H3. The van der Waals surface area contributed by atoms with Gasteiger partial charge >= 0.3 is 0 Å². The van der Waals surface area contributed by atoms with Gasteiger partial charge in [0.15, 0.2) is 5.75 Å². The molecule has 0 unspecified atom stereocenters. The number of aryl methyl sites for hydroxylation is 1. The lowest BCUT2D eigenvalue weighted by Crippen LogP contribution is -2.14. The van der Waals surface area contributed by atoms with E-state index in [1.165, 1.54) is 0 Å². The molecule has 2 aromatic carbocycles. The molecule has 4 heteroatoms. The van der Waals surface area contributed by atoms with Gasteiger partial charge in [0.25, 0.3) is 0 Å². The molecular weight excluding hydrogens is 305 g/mol. The van der Waals surface area contributed by atoms with Crippen LogP contribution in [-0.2, 0) is 6.54 Å². The number of rotatable bonds is 6. The summed E-state index contributed by atoms with van der Waals surface area (Å²) >= 11 is 12.3. The minimum atomic E-state index is 0.611. The highest BCUT2D eigenvalue weighted by Crippen LogP contribution is 2.35. The van der Waals surface area contributed by atoms with Gasteiger partial charge in [-0.1, -0.05) is 42.3 Å². The zero-order valence-electron chi connectivity index (χ0n) is 12.2. The summed E-state index contributed by atoms with van der Waals surface area (Å²) in [6, 6.07) is 11.4. The minimum Gasteiger partial charge on any atom is -0.455 e. The lowest BCUT2D eigenvalue weighted by atomic mass is 10.2. The smallest absolute Gasteiger partial charge is 0.150 e. The lowest BCUT2D eigenvalue weighted by molar-refractivity contribution is 0.469. The van der Waals surface area contributed by atoms with E-state index in [9.17, 15) is 0 Å². The highest BCUT2D eigenvalue weighted by atomic mass is 35.5. The highest BCUT2D eigenvalue weighted by molar-refractivity contribution is 6.32. The van der Waals surface area contributed by atoms with Crippen molar-refractivity contribution in [2.75, 3.05) is 6.54 Å². The van der Waals surface area contributed by atoms with Gasteiger partial charge < -0.3 is 10.1 Å². The summed E-state index contributed by atoms with van der Waals surface area (Å²) in [4.78, 5) is 0. The zero-order valence-corrected chi connectivity index (χ0v) is 13.8. The van der Waals surface area contributed by atoms with Crippen LogP contribution in [0.15, 0.2) is 36.4 Å². The van der Waals surface area contributed by atoms with Gasteiger partial charge in [-0.05, 0) is 49.7 Å². The Hall–Kier alpha value is -1.22. The summed E-state index contributed by atoms with van der Waals surface area (Å²) < 4.78 is 6.03. The average Bonchev–Trinajstić information content (AvgIpc) is 2.45. The molecule has 0 fully saturated rings. The molecule has 0 atom stereocenters. The number of ether oxygens (including phenoxy) is 1. The third kappa shape index (κ3) is 4.37. The Bertz CT molecular complexity index is 614. The molecule has 0 aliphatic rings. The normalized spacial score (nSPS) is 10.7. The second kappa shape index (κ2) is 7.69. The van der Waals surface area contributed by atoms with Gasteiger partial charge in [0.05, 0.1) is 5.02 Å². The molecule has 0 saturated carbocycles. The van der Waals surface area contributed by atoms with Crippen LogP contribution in [0.3, 0.4) is 0 Å². The first-order valence-electron chi connectivity index (χ1n) is 7.04. The number of halogens is 2. The van der Waals surface area contributed by atoms with Crippen LogP contribution in [0.4, 0.5) is 0 Å². The van der Waals surface area contributed by atoms with Crippen LogP contribution in [-0.4, -0.2) is 6.54 Å². The topological polar surface area (TPSA) is 21.3 Å². The summed E-state index contributed by atoms with van der Waals surface area (Å²) in [5.41, 5.74) is 2.03. The second-order valence-corrected chi connectivity index (χ2v) is 5.76. The van der Waals surface area contributed by atoms with Crippen molar-refractivity contribution in [2.24, 2.45) is 0 Å². The molecule has 0 bridgehead atoms. The molecule has 0 saturated heterocycles. The van der Waals surface area contributed by atoms with Gasteiger partial charge in [0, 0.05) is 17.1 Å². The first-order valence-corrected chi connectivity index (χ1v) is 7.79. The van der Waals surface area contributed by atoms with Crippen LogP contribution in [0.2, 0.25) is 10.0 Å². The van der Waals surface area contributed by atoms with Crippen molar-refractivity contribution < 1.29 is 4.74 Å². The van der Waals surface area contributed by atoms with Gasteiger partial charge in [0.1, 0.15) is 5.75 Å². The predicted octanol–water partition coefficient (Wildman–Crippen LogP) is 5.59. The summed E-state index contributed by atoms with van der Waals surface area (Å²) in [6.45, 7) is 5.80. The monoisotopic (exact) mass is 323 g/mol. The molecule has 2 rings (SSSR count). The molecular formula is C17H19Cl2NO. The Morgan fingerprint density at radius 1 is 1.14 bits per heavy atom. The Kier molecular flexibility index (Phi) is 5.92. The molecule has 0 spiro atoms. The number of benzene rings is 2. The largest absolute Gasteiger partial charge is 0.455 e. The summed E-state index contributed by atoms with van der Waals surface area (Å²) in [5, 5.41) is 4.68. The Labute approximate surface area is 136 Å². The molecule has 21 heavy (non-hydrogen) atoms. The molecule has 2 nitrogen and oxygen atoms in total. The van der Waals surface area contributed by atoms with Gasteiger partial charge in [-0.15, -0.1) is 0 Å². The van der Waals surface area contributed by atoms with Crippen molar-refractivity contribution >= 4 is 23.2 Å². The Morgan fingerprint density at radius 3 is 2.67 bits per heavy atom. The fraction of sp³-hybridized carbons (Fsp3) is 0.294. The van der Waals surface area contributed by atoms with Gasteiger partial charge in [0.2, 0.25) is 0 Å². The number of nitrogens with one attached hydrogen (secondary N) is 1. The van der Waals surface area contributed by atoms with Crippen LogP contribution in [0.1, 0.15) is 24.5 Å². The Balaban J connectivity index is 2.25. The average molecular weight is 324 g/mol. The minimum absolute atomic E-state index is 0.611. The maximum atomic E-state index is 6.30. The third-order valence-corrected chi connectivity index (χ3v) is 3.67. The van der Waals surface area contributed by atoms with Crippen molar-refractivity contribution in [1.29, 1.82) is 0 Å². The molecule has 1 N–H and O–H groups in total. The molecule has 0 heterocycles. The van der Waals surface area contributed by atoms with Crippen LogP contribution in [0.5, 0.6) is 11.5 Å². The summed E-state index contributed by atoms with van der Waals surface area (Å²) in [6.07, 6.45) is 1.09. The van der Waals surface area contributed by atoms with Crippen molar-refractivity contribution in [3.63, 3.8) is 0 Å². The highest BCUT2D eigenvalue weighted by Gasteiger charge is 2.11. The zero-order chi connectivity index (χ0) is 15.2. The number of hydrogen-bond donors (Lipinski definition) is 1. The third-order valence-electron chi connectivity index (χ3n) is 3.14. The van der Waals surface area contributed by atoms with E-state index in [0.29, 0.717) is 15.8 Å². The van der Waals surface area contributed by atoms with E-state index in [1.54, 1.807) is 0 Å². The van der Waals surface area contributed by atoms with Crippen LogP contribution in [0.25, 0.3) is 0 Å². The molecule has 112 valence electrons. The van der Waals surface area contributed by atoms with Crippen molar-refractivity contribution in [3.05, 3.63) is 57.6 Å². The van der Waals surface area contributed by atoms with E-state index < -0.39 is 0 Å². The predicted molar refractivity (Wildman–Crippen MR) is 89.7 cm³/mol. The van der Waals surface area contributed by atoms with Gasteiger partial charge in [-0.3, -0.25) is 0 Å². The summed E-state index contributed by atoms with van der Waals surface area (Å²) in [7, 11) is 0. The van der Waals surface area contributed by atoms with Gasteiger partial charge in [-0.25, -0.2) is 0 Å². The van der Waals surface area contributed by atoms with E-state index in [-0.39, 0.29) is 0 Å². The van der Waals surface area contributed by atoms with Crippen LogP contribution in [0, 0.1) is 6.92 Å². The van der Waals surface area contributed by atoms with Gasteiger partial charge in [-0.2, -0.15) is 0 Å². The van der Waals surface area contributed by atoms with Crippen molar-refractivity contribution in [3.8, 4) is 11.5 Å². The molecule has 2 aromatic rings. The Morgan fingerprint density at radius 2 is 1.95 bits per heavy atom. The van der Waals surface area contributed by atoms with Crippen LogP contribution >= 0.6 is 23.2 Å². The molecule has 0 amide bonds. The van der Waals surface area contributed by atoms with E-state index >= 15 is 0 Å². The van der Waals surface area contributed by atoms with E-state index in [1.807, 2.05) is 43.3 Å². The van der Waals surface area contributed by atoms with Crippen LogP contribution < -0.4 is 10.1 Å². The van der Waals surface area contributed by atoms with E-state index in [2.05, 4.69) is 12.2 Å². The molecule has 0 aliphatic heterocycles. The lowest BCUT2D eigenvalue weighted by Gasteiger charge is -2.15. The SMILES string of the molecule is CCCNCc1cccc(Cl)c1Oc1ccc(Cl)cc1C. The molecule has 0 aromatic heterocycles. The fourth-order valence-electron chi connectivity index (χ4n) is 2.04. The molecule has 0 aliphatic carbocycles. The van der Waals surface area contributed by atoms with Crippen molar-refractivity contribution in [2.45, 2.75) is 26.8 Å².